The molecule has 0 fully saturated rings. The molecule has 31 heavy (non-hydrogen) atoms. The van der Waals surface area contributed by atoms with Crippen LogP contribution in [-0.2, 0) is 4.79 Å². The molecule has 156 valence electrons. The average molecular weight is 433 g/mol. The number of carbonyl (C=O) groups is 2. The van der Waals surface area contributed by atoms with E-state index in [2.05, 4.69) is 20.8 Å². The number of aryl methyl sites for hydroxylation is 1. The third-order valence-electron chi connectivity index (χ3n) is 4.60. The van der Waals surface area contributed by atoms with E-state index in [0.29, 0.717) is 27.8 Å². The Kier molecular flexibility index (Phi) is 5.90. The van der Waals surface area contributed by atoms with Gasteiger partial charge in [0, 0.05) is 11.1 Å². The van der Waals surface area contributed by atoms with Gasteiger partial charge in [0.15, 0.2) is 0 Å². The van der Waals surface area contributed by atoms with Gasteiger partial charge in [-0.2, -0.15) is 4.98 Å². The highest BCUT2D eigenvalue weighted by Gasteiger charge is 2.21. The lowest BCUT2D eigenvalue weighted by molar-refractivity contribution is -0.117. The van der Waals surface area contributed by atoms with Crippen molar-refractivity contribution in [1.82, 2.24) is 15.5 Å². The van der Waals surface area contributed by atoms with Crippen LogP contribution in [0.2, 0.25) is 0 Å². The van der Waals surface area contributed by atoms with Crippen molar-refractivity contribution in [1.29, 1.82) is 0 Å². The highest BCUT2D eigenvalue weighted by Crippen LogP contribution is 2.33. The minimum Gasteiger partial charge on any atom is -0.341 e. The van der Waals surface area contributed by atoms with E-state index < -0.39 is 6.04 Å². The molecule has 0 saturated heterocycles. The number of hydrogen-bond acceptors (Lipinski definition) is 6. The zero-order valence-electron chi connectivity index (χ0n) is 17.0. The van der Waals surface area contributed by atoms with Crippen LogP contribution in [0.25, 0.3) is 22.2 Å². The third-order valence-corrected chi connectivity index (χ3v) is 5.50. The molecule has 0 radical (unpaired) electrons. The van der Waals surface area contributed by atoms with Crippen LogP contribution in [0.1, 0.15) is 22.8 Å². The molecule has 2 N–H and O–H groups in total. The zero-order chi connectivity index (χ0) is 21.8. The van der Waals surface area contributed by atoms with Crippen LogP contribution < -0.4 is 10.6 Å². The Balaban J connectivity index is 1.46. The topological polar surface area (TPSA) is 97.1 Å². The Bertz CT molecular complexity index is 1220. The third kappa shape index (κ3) is 4.70. The van der Waals surface area contributed by atoms with Crippen LogP contribution in [0.5, 0.6) is 0 Å². The number of nitrogens with one attached hydrogen (secondary N) is 2. The number of amides is 2. The van der Waals surface area contributed by atoms with Gasteiger partial charge in [-0.1, -0.05) is 47.1 Å². The first kappa shape index (κ1) is 20.5. The summed E-state index contributed by atoms with van der Waals surface area (Å²) < 4.78 is 5.44. The van der Waals surface area contributed by atoms with Crippen LogP contribution in [-0.4, -0.2) is 28.0 Å². The molecule has 0 spiro atoms. The van der Waals surface area contributed by atoms with Crippen molar-refractivity contribution in [3.8, 4) is 22.2 Å². The Morgan fingerprint density at radius 1 is 1.06 bits per heavy atom. The van der Waals surface area contributed by atoms with Gasteiger partial charge >= 0.3 is 0 Å². The Hall–Kier alpha value is -3.78. The molecule has 4 aromatic rings. The average Bonchev–Trinajstić information content (AvgIpc) is 3.43. The maximum absolute atomic E-state index is 12.6. The summed E-state index contributed by atoms with van der Waals surface area (Å²) in [5.74, 6) is 0.145. The van der Waals surface area contributed by atoms with Gasteiger partial charge in [-0.25, -0.2) is 0 Å². The van der Waals surface area contributed by atoms with Crippen molar-refractivity contribution in [2.45, 2.75) is 19.9 Å². The van der Waals surface area contributed by atoms with Crippen LogP contribution in [0, 0.1) is 6.92 Å². The summed E-state index contributed by atoms with van der Waals surface area (Å²) >= 11 is 1.38. The number of nitrogens with zero attached hydrogens (tertiary/aromatic N) is 2. The first-order valence-corrected chi connectivity index (χ1v) is 10.5. The van der Waals surface area contributed by atoms with Gasteiger partial charge in [0.05, 0.1) is 5.69 Å². The van der Waals surface area contributed by atoms with Crippen LogP contribution in [0.3, 0.4) is 0 Å². The maximum atomic E-state index is 12.6. The first-order chi connectivity index (χ1) is 15.0. The molecule has 2 aromatic carbocycles. The van der Waals surface area contributed by atoms with E-state index in [4.69, 9.17) is 4.52 Å². The molecule has 4 rings (SSSR count). The number of rotatable bonds is 6. The van der Waals surface area contributed by atoms with Gasteiger partial charge < -0.3 is 15.2 Å². The molecule has 0 aliphatic carbocycles. The van der Waals surface area contributed by atoms with Gasteiger partial charge in [0.25, 0.3) is 11.8 Å². The summed E-state index contributed by atoms with van der Waals surface area (Å²) in [4.78, 5) is 30.1. The first-order valence-electron chi connectivity index (χ1n) is 9.66. The molecule has 0 aliphatic rings. The standard InChI is InChI=1S/C23H20N4O3S/c1-14-7-6-10-17(13-14)20-26-23(30-27-20)19-18(11-12-31-19)25-21(28)15(2)24-22(29)16-8-4-3-5-9-16/h3-13,15H,1-2H3,(H,24,29)(H,25,28)/t15-/m0/s1. The highest BCUT2D eigenvalue weighted by atomic mass is 32.1. The molecule has 0 unspecified atom stereocenters. The van der Waals surface area contributed by atoms with Crippen molar-refractivity contribution >= 4 is 28.8 Å². The summed E-state index contributed by atoms with van der Waals surface area (Å²) in [5, 5.41) is 11.4. The summed E-state index contributed by atoms with van der Waals surface area (Å²) in [6, 6.07) is 17.6. The fraction of sp³-hybridized carbons (Fsp3) is 0.130. The van der Waals surface area contributed by atoms with E-state index in [0.717, 1.165) is 11.1 Å². The minimum atomic E-state index is -0.731. The van der Waals surface area contributed by atoms with Crippen molar-refractivity contribution in [2.24, 2.45) is 0 Å². The molecule has 1 atom stereocenters. The second-order valence-electron chi connectivity index (χ2n) is 7.01. The fourth-order valence-corrected chi connectivity index (χ4v) is 3.74. The van der Waals surface area contributed by atoms with E-state index in [9.17, 15) is 9.59 Å². The van der Waals surface area contributed by atoms with E-state index in [1.165, 1.54) is 11.3 Å². The SMILES string of the molecule is Cc1cccc(-c2noc(-c3sccc3NC(=O)[C@H](C)NC(=O)c3ccccc3)n2)c1. The van der Waals surface area contributed by atoms with Crippen molar-refractivity contribution in [3.05, 3.63) is 77.2 Å². The van der Waals surface area contributed by atoms with Crippen molar-refractivity contribution in [2.75, 3.05) is 5.32 Å². The van der Waals surface area contributed by atoms with Gasteiger partial charge in [-0.05, 0) is 43.5 Å². The van der Waals surface area contributed by atoms with E-state index in [1.54, 1.807) is 37.3 Å². The lowest BCUT2D eigenvalue weighted by atomic mass is 10.1. The number of anilines is 1. The lowest BCUT2D eigenvalue weighted by Gasteiger charge is -2.14. The monoisotopic (exact) mass is 432 g/mol. The minimum absolute atomic E-state index is 0.312. The molecule has 0 aliphatic heterocycles. The molecule has 2 amide bonds. The quantitative estimate of drug-likeness (QED) is 0.467. The Morgan fingerprint density at radius 3 is 2.65 bits per heavy atom. The molecular weight excluding hydrogens is 412 g/mol. The summed E-state index contributed by atoms with van der Waals surface area (Å²) in [5.41, 5.74) is 3.00. The molecule has 8 heteroatoms. The number of thiophene rings is 1. The van der Waals surface area contributed by atoms with E-state index in [-0.39, 0.29) is 11.8 Å². The second kappa shape index (κ2) is 8.93. The summed E-state index contributed by atoms with van der Waals surface area (Å²) in [6.07, 6.45) is 0. The fourth-order valence-electron chi connectivity index (χ4n) is 2.97. The number of hydrogen-bond donors (Lipinski definition) is 2. The largest absolute Gasteiger partial charge is 0.341 e. The highest BCUT2D eigenvalue weighted by molar-refractivity contribution is 7.14. The number of aromatic nitrogens is 2. The molecule has 2 aromatic heterocycles. The van der Waals surface area contributed by atoms with Gasteiger partial charge in [-0.3, -0.25) is 9.59 Å². The van der Waals surface area contributed by atoms with Crippen LogP contribution in [0.15, 0.2) is 70.6 Å². The molecular formula is C23H20N4O3S. The van der Waals surface area contributed by atoms with Crippen LogP contribution in [0.4, 0.5) is 5.69 Å². The smallest absolute Gasteiger partial charge is 0.270 e. The summed E-state index contributed by atoms with van der Waals surface area (Å²) in [7, 11) is 0. The van der Waals surface area contributed by atoms with Crippen molar-refractivity contribution in [3.63, 3.8) is 0 Å². The molecule has 2 heterocycles. The Labute approximate surface area is 183 Å². The number of carbonyl (C=O) groups excluding carboxylic acids is 2. The van der Waals surface area contributed by atoms with Gasteiger partial charge in [-0.15, -0.1) is 11.3 Å². The van der Waals surface area contributed by atoms with Crippen molar-refractivity contribution < 1.29 is 14.1 Å². The van der Waals surface area contributed by atoms with E-state index in [1.807, 2.05) is 42.6 Å². The second-order valence-corrected chi connectivity index (χ2v) is 7.92. The van der Waals surface area contributed by atoms with Crippen LogP contribution >= 0.6 is 11.3 Å². The van der Waals surface area contributed by atoms with E-state index >= 15 is 0 Å². The number of benzene rings is 2. The molecule has 7 nitrogen and oxygen atoms in total. The predicted octanol–water partition coefficient (Wildman–Crippen LogP) is 4.53. The maximum Gasteiger partial charge on any atom is 0.270 e. The normalized spacial score (nSPS) is 11.7. The summed E-state index contributed by atoms with van der Waals surface area (Å²) in [6.45, 7) is 3.62. The molecule has 0 saturated carbocycles. The lowest BCUT2D eigenvalue weighted by Crippen LogP contribution is -2.41. The Morgan fingerprint density at radius 2 is 1.87 bits per heavy atom. The van der Waals surface area contributed by atoms with Gasteiger partial charge in [0.2, 0.25) is 11.7 Å². The molecule has 0 bridgehead atoms. The zero-order valence-corrected chi connectivity index (χ0v) is 17.8. The van der Waals surface area contributed by atoms with Gasteiger partial charge in [0.1, 0.15) is 10.9 Å². The predicted molar refractivity (Wildman–Crippen MR) is 120 cm³/mol.